The smallest absolute Gasteiger partial charge is 0.310 e. The molecular formula is C55H86N6O14. The first kappa shape index (κ1) is 56.3. The Balaban J connectivity index is 1.24. The van der Waals surface area contributed by atoms with Gasteiger partial charge in [0.05, 0.1) is 55.5 Å². The van der Waals surface area contributed by atoms with E-state index in [-0.39, 0.29) is 63.3 Å². The lowest BCUT2D eigenvalue weighted by Gasteiger charge is -2.74. The maximum Gasteiger partial charge on any atom is 0.310 e. The van der Waals surface area contributed by atoms with Gasteiger partial charge in [0.1, 0.15) is 24.5 Å². The number of carboxylic acids is 1. The van der Waals surface area contributed by atoms with E-state index in [1.54, 1.807) is 18.7 Å². The quantitative estimate of drug-likeness (QED) is 0.0575. The van der Waals surface area contributed by atoms with Crippen molar-refractivity contribution in [3.8, 4) is 0 Å². The van der Waals surface area contributed by atoms with Crippen LogP contribution in [0.3, 0.4) is 0 Å². The van der Waals surface area contributed by atoms with Crippen LogP contribution in [0, 0.1) is 73.4 Å². The van der Waals surface area contributed by atoms with Crippen molar-refractivity contribution in [2.24, 2.45) is 79.1 Å². The van der Waals surface area contributed by atoms with Gasteiger partial charge in [0.2, 0.25) is 5.91 Å². The zero-order chi connectivity index (χ0) is 54.3. The Morgan fingerprint density at radius 1 is 0.893 bits per heavy atom. The monoisotopic (exact) mass is 1050 g/mol. The predicted octanol–water partition coefficient (Wildman–Crippen LogP) is 1.85. The van der Waals surface area contributed by atoms with Gasteiger partial charge in [0, 0.05) is 54.4 Å². The maximum atomic E-state index is 14.9. The lowest BCUT2D eigenvalue weighted by atomic mass is 9.30. The molecule has 15 N–H and O–H groups in total. The highest BCUT2D eigenvalue weighted by Crippen LogP contribution is 2.78. The van der Waals surface area contributed by atoms with E-state index in [0.29, 0.717) is 63.5 Å². The van der Waals surface area contributed by atoms with Crippen LogP contribution < -0.4 is 11.1 Å². The molecule has 22 atom stereocenters. The fraction of sp³-hybridized carbons (Fsp3) is 0.818. The molecule has 4 saturated carbocycles. The number of rotatable bonds is 18. The van der Waals surface area contributed by atoms with Gasteiger partial charge >= 0.3 is 5.97 Å². The van der Waals surface area contributed by atoms with Gasteiger partial charge in [-0.1, -0.05) is 46.3 Å². The first-order valence-corrected chi connectivity index (χ1v) is 27.6. The summed E-state index contributed by atoms with van der Waals surface area (Å²) in [7, 11) is 0. The normalized spacial score (nSPS) is 46.4. The molecule has 0 radical (unpaired) electrons. The summed E-state index contributed by atoms with van der Waals surface area (Å²) in [5, 5.41) is 117. The minimum absolute atomic E-state index is 0.0768. The van der Waals surface area contributed by atoms with Crippen molar-refractivity contribution in [2.45, 2.75) is 173 Å². The van der Waals surface area contributed by atoms with Crippen molar-refractivity contribution < 1.29 is 70.1 Å². The van der Waals surface area contributed by atoms with E-state index in [2.05, 4.69) is 52.1 Å². The number of carbonyl (C=O) groups is 2. The number of aromatic nitrogens is 4. The molecule has 2 aromatic heterocycles. The molecule has 4 heterocycles. The zero-order valence-corrected chi connectivity index (χ0v) is 44.4. The number of nitrogens with one attached hydrogen (secondary N) is 3. The van der Waals surface area contributed by atoms with Crippen molar-refractivity contribution in [1.82, 2.24) is 25.3 Å². The highest BCUT2D eigenvalue weighted by atomic mass is 16.7. The van der Waals surface area contributed by atoms with Gasteiger partial charge in [-0.3, -0.25) is 9.59 Å². The molecule has 75 heavy (non-hydrogen) atoms. The van der Waals surface area contributed by atoms with Crippen molar-refractivity contribution >= 4 is 11.9 Å². The van der Waals surface area contributed by atoms with Crippen LogP contribution in [-0.2, 0) is 25.5 Å². The molecule has 0 bridgehead atoms. The molecule has 2 aliphatic heterocycles. The Labute approximate surface area is 439 Å². The number of imidazole rings is 2. The van der Waals surface area contributed by atoms with E-state index < -0.39 is 136 Å². The highest BCUT2D eigenvalue weighted by Gasteiger charge is 2.75. The third-order valence-corrected chi connectivity index (χ3v) is 22.4. The number of hydrogen-bond acceptors (Lipinski definition) is 16. The van der Waals surface area contributed by atoms with E-state index >= 15 is 0 Å². The standard InChI is InChI=1S/C55H86N6O14/c1-49(24-63)14-15-54(48(72)73)19-29(17-30-21-57-27-59-30)53(5)32(35(54)20-49)8-9-39-51(53,3)13-11-38-50(2,25-64)45(75-46-44(70)43(69)37(66)23-74-46)42(68)34(52(38,39)4)18-33-41(61-47(71)55(33,26-65)12-6-16-62)31(7-10-40(56)67)36-22-58-28-60-36/h8,21-22,27-29,31,33-35,37-46,62-70H,6-7,9-20,23-26,56H2,1-5H3,(H,57,59)(H,58,60)(H,61,71)(H,72,73). The second-order valence-corrected chi connectivity index (χ2v) is 25.7. The van der Waals surface area contributed by atoms with Crippen LogP contribution in [0.2, 0.25) is 0 Å². The number of aromatic amines is 2. The summed E-state index contributed by atoms with van der Waals surface area (Å²) >= 11 is 0. The van der Waals surface area contributed by atoms with Gasteiger partial charge in [-0.15, -0.1) is 0 Å². The van der Waals surface area contributed by atoms with Crippen LogP contribution in [0.25, 0.3) is 0 Å². The minimum Gasteiger partial charge on any atom is -0.481 e. The topological polar surface area (TPSA) is 350 Å². The molecule has 2 saturated heterocycles. The van der Waals surface area contributed by atoms with E-state index in [4.69, 9.17) is 15.2 Å². The van der Waals surface area contributed by atoms with Crippen molar-refractivity contribution in [3.05, 3.63) is 48.1 Å². The largest absolute Gasteiger partial charge is 0.481 e. The van der Waals surface area contributed by atoms with E-state index in [1.165, 1.54) is 6.33 Å². The van der Waals surface area contributed by atoms with Crippen molar-refractivity contribution in [3.63, 3.8) is 0 Å². The number of amides is 1. The predicted molar refractivity (Wildman–Crippen MR) is 270 cm³/mol. The Hall–Kier alpha value is -3.38. The Kier molecular flexibility index (Phi) is 15.5. The number of aliphatic hydroxyl groups is 9. The van der Waals surface area contributed by atoms with E-state index in [0.717, 1.165) is 11.3 Å². The molecule has 7 aliphatic rings. The molecule has 22 unspecified atom stereocenters. The summed E-state index contributed by atoms with van der Waals surface area (Å²) < 4.78 is 12.6. The number of H-pyrrole nitrogens is 2. The third-order valence-electron chi connectivity index (χ3n) is 22.4. The van der Waals surface area contributed by atoms with Crippen LogP contribution in [0.15, 0.2) is 36.7 Å². The number of hydrogen-bond donors (Lipinski definition) is 14. The third kappa shape index (κ3) is 8.69. The SMILES string of the molecule is CC1(CO)CCC2(C(=O)O)CC(Cc3cnc[nH]3)C3(C)C(=CCC4C5(C)C(CC6C(C(CCC(N)O)c7cnc[nH]7)NC(=O)C6(CO)CCCO)C(O)C(OC6OCC(O)C(O)C6O)C(C)(CO)C5CCC43C)C2C1. The Bertz CT molecular complexity index is 2360. The molecule has 1 amide bonds. The number of ether oxygens (including phenoxy) is 2. The highest BCUT2D eigenvalue weighted by molar-refractivity contribution is 5.86. The minimum atomic E-state index is -1.72. The van der Waals surface area contributed by atoms with Gasteiger partial charge in [-0.2, -0.15) is 0 Å². The average molecular weight is 1060 g/mol. The molecule has 20 heteroatoms. The second kappa shape index (κ2) is 20.7. The van der Waals surface area contributed by atoms with Gasteiger partial charge in [0.15, 0.2) is 6.29 Å². The van der Waals surface area contributed by atoms with Crippen molar-refractivity contribution in [1.29, 1.82) is 0 Å². The Morgan fingerprint density at radius 2 is 1.63 bits per heavy atom. The summed E-state index contributed by atoms with van der Waals surface area (Å²) in [4.78, 5) is 44.1. The number of carboxylic acid groups (broad SMARTS) is 1. The van der Waals surface area contributed by atoms with Crippen LogP contribution in [0.4, 0.5) is 0 Å². The summed E-state index contributed by atoms with van der Waals surface area (Å²) in [6.45, 7) is 9.00. The van der Waals surface area contributed by atoms with Gasteiger partial charge < -0.3 is 81.6 Å². The van der Waals surface area contributed by atoms with E-state index in [9.17, 15) is 60.7 Å². The first-order valence-electron chi connectivity index (χ1n) is 27.6. The maximum absolute atomic E-state index is 14.9. The number of nitrogens with zero attached hydrogens (tertiary/aromatic N) is 2. The molecule has 6 fully saturated rings. The number of nitrogens with two attached hydrogens (primary N) is 1. The number of aliphatic hydroxyl groups excluding tert-OH is 9. The molecule has 5 aliphatic carbocycles. The van der Waals surface area contributed by atoms with E-state index in [1.807, 2.05) is 13.8 Å². The molecule has 20 nitrogen and oxygen atoms in total. The average Bonchev–Trinajstić information content (AvgIpc) is 4.17. The van der Waals surface area contributed by atoms with Crippen LogP contribution in [0.1, 0.15) is 129 Å². The number of aliphatic carboxylic acids is 1. The van der Waals surface area contributed by atoms with Gasteiger partial charge in [0.25, 0.3) is 0 Å². The van der Waals surface area contributed by atoms with Crippen molar-refractivity contribution in [2.75, 3.05) is 33.0 Å². The molecule has 2 aromatic rings. The first-order chi connectivity index (χ1) is 35.5. The summed E-state index contributed by atoms with van der Waals surface area (Å²) in [6, 6.07) is -0.721. The number of carbonyl (C=O) groups excluding carboxylic acids is 1. The summed E-state index contributed by atoms with van der Waals surface area (Å²) in [5.41, 5.74) is 2.09. The van der Waals surface area contributed by atoms with Crippen LogP contribution >= 0.6 is 0 Å². The fourth-order valence-electron chi connectivity index (χ4n) is 18.0. The van der Waals surface area contributed by atoms with Gasteiger partial charge in [-0.05, 0) is 141 Å². The zero-order valence-electron chi connectivity index (χ0n) is 44.4. The number of allylic oxidation sites excluding steroid dienone is 2. The summed E-state index contributed by atoms with van der Waals surface area (Å²) in [6.07, 6.45) is 3.59. The summed E-state index contributed by atoms with van der Waals surface area (Å²) in [5.74, 6) is -4.60. The second-order valence-electron chi connectivity index (χ2n) is 25.7. The lowest BCUT2D eigenvalue weighted by Crippen LogP contribution is -2.73. The Morgan fingerprint density at radius 3 is 2.25 bits per heavy atom. The van der Waals surface area contributed by atoms with Crippen LogP contribution in [-0.4, -0.2) is 165 Å². The molecule has 0 aromatic carbocycles. The lowest BCUT2D eigenvalue weighted by molar-refractivity contribution is -0.341. The number of fused-ring (bicyclic) bond motifs is 7. The fourth-order valence-corrected chi connectivity index (χ4v) is 18.0. The molecule has 9 rings (SSSR count). The van der Waals surface area contributed by atoms with Gasteiger partial charge in [-0.25, -0.2) is 9.97 Å². The molecule has 0 spiro atoms. The molecular weight excluding hydrogens is 969 g/mol. The molecule has 420 valence electrons. The van der Waals surface area contributed by atoms with Crippen LogP contribution in [0.5, 0.6) is 0 Å².